The molecule has 0 atom stereocenters. The number of nitrogens with one attached hydrogen (secondary N) is 2. The number of carbonyl (C=O) groups excluding carboxylic acids is 1. The molecule has 2 rings (SSSR count). The summed E-state index contributed by atoms with van der Waals surface area (Å²) in [6.45, 7) is 3.84. The highest BCUT2D eigenvalue weighted by Crippen LogP contribution is 2.26. The Kier molecular flexibility index (Phi) is 5.74. The molecule has 1 aromatic rings. The molecule has 1 aromatic carbocycles. The molecular formula is C17H24N2OS. The second-order valence-corrected chi connectivity index (χ2v) is 6.27. The fraction of sp³-hybridized carbons (Fsp3) is 0.529. The van der Waals surface area contributed by atoms with Gasteiger partial charge in [-0.25, -0.2) is 0 Å². The Morgan fingerprint density at radius 2 is 2.00 bits per heavy atom. The van der Waals surface area contributed by atoms with Crippen molar-refractivity contribution in [2.45, 2.75) is 52.0 Å². The van der Waals surface area contributed by atoms with Crippen LogP contribution in [0, 0.1) is 5.92 Å². The molecule has 2 N–H and O–H groups in total. The zero-order valence-electron chi connectivity index (χ0n) is 12.8. The summed E-state index contributed by atoms with van der Waals surface area (Å²) in [5.41, 5.74) is 1.56. The lowest BCUT2D eigenvalue weighted by Crippen LogP contribution is -2.39. The van der Waals surface area contributed by atoms with Crippen molar-refractivity contribution in [3.63, 3.8) is 0 Å². The zero-order chi connectivity index (χ0) is 15.2. The number of anilines is 1. The fourth-order valence-corrected chi connectivity index (χ4v) is 3.17. The predicted octanol–water partition coefficient (Wildman–Crippen LogP) is 4.14. The van der Waals surface area contributed by atoms with E-state index in [0.717, 1.165) is 11.6 Å². The normalized spacial score (nSPS) is 21.6. The van der Waals surface area contributed by atoms with Crippen LogP contribution in [0.15, 0.2) is 24.3 Å². The van der Waals surface area contributed by atoms with Gasteiger partial charge in [-0.3, -0.25) is 4.79 Å². The third kappa shape index (κ3) is 4.81. The van der Waals surface area contributed by atoms with Gasteiger partial charge in [-0.2, -0.15) is 0 Å². The number of hydrogen-bond donors (Lipinski definition) is 2. The first kappa shape index (κ1) is 16.0. The van der Waals surface area contributed by atoms with E-state index in [1.54, 1.807) is 6.92 Å². The van der Waals surface area contributed by atoms with Gasteiger partial charge >= 0.3 is 0 Å². The number of thiocarbonyl (C=S) groups is 1. The summed E-state index contributed by atoms with van der Waals surface area (Å²) in [7, 11) is 0. The second kappa shape index (κ2) is 7.55. The quantitative estimate of drug-likeness (QED) is 0.648. The minimum Gasteiger partial charge on any atom is -0.360 e. The SMILES string of the molecule is CCC1CCC(NC(=S)Nc2cccc(C(C)=O)c2)CC1. The maximum Gasteiger partial charge on any atom is 0.170 e. The first-order valence-corrected chi connectivity index (χ1v) is 8.17. The van der Waals surface area contributed by atoms with E-state index in [4.69, 9.17) is 12.2 Å². The van der Waals surface area contributed by atoms with Crippen molar-refractivity contribution >= 4 is 28.8 Å². The molecule has 0 amide bonds. The van der Waals surface area contributed by atoms with Crippen LogP contribution in [0.1, 0.15) is 56.3 Å². The van der Waals surface area contributed by atoms with Crippen LogP contribution in [0.5, 0.6) is 0 Å². The first-order valence-electron chi connectivity index (χ1n) is 7.77. The molecular weight excluding hydrogens is 280 g/mol. The minimum atomic E-state index is 0.0652. The van der Waals surface area contributed by atoms with Crippen LogP contribution in [0.4, 0.5) is 5.69 Å². The Bertz CT molecular complexity index is 507. The molecule has 0 saturated heterocycles. The first-order chi connectivity index (χ1) is 10.1. The van der Waals surface area contributed by atoms with Gasteiger partial charge in [0, 0.05) is 17.3 Å². The number of Topliss-reactive ketones (excluding diaryl/α,β-unsaturated/α-hetero) is 1. The lowest BCUT2D eigenvalue weighted by molar-refractivity contribution is 0.101. The molecule has 4 heteroatoms. The van der Waals surface area contributed by atoms with Gasteiger partial charge in [0.1, 0.15) is 0 Å². The zero-order valence-corrected chi connectivity index (χ0v) is 13.6. The maximum atomic E-state index is 11.4. The molecule has 0 aromatic heterocycles. The molecule has 1 aliphatic rings. The Labute approximate surface area is 132 Å². The highest BCUT2D eigenvalue weighted by molar-refractivity contribution is 7.80. The Hall–Kier alpha value is -1.42. The van der Waals surface area contributed by atoms with Gasteiger partial charge < -0.3 is 10.6 Å². The number of rotatable bonds is 4. The highest BCUT2D eigenvalue weighted by Gasteiger charge is 2.20. The molecule has 0 bridgehead atoms. The van der Waals surface area contributed by atoms with E-state index >= 15 is 0 Å². The van der Waals surface area contributed by atoms with Crippen molar-refractivity contribution in [1.82, 2.24) is 5.32 Å². The molecule has 1 aliphatic carbocycles. The van der Waals surface area contributed by atoms with Gasteiger partial charge in [0.05, 0.1) is 0 Å². The molecule has 1 saturated carbocycles. The van der Waals surface area contributed by atoms with Crippen molar-refractivity contribution in [2.24, 2.45) is 5.92 Å². The van der Waals surface area contributed by atoms with E-state index in [0.29, 0.717) is 16.7 Å². The molecule has 0 aliphatic heterocycles. The molecule has 0 radical (unpaired) electrons. The van der Waals surface area contributed by atoms with E-state index in [-0.39, 0.29) is 5.78 Å². The monoisotopic (exact) mass is 304 g/mol. The molecule has 0 unspecified atom stereocenters. The van der Waals surface area contributed by atoms with Gasteiger partial charge in [0.2, 0.25) is 0 Å². The maximum absolute atomic E-state index is 11.4. The summed E-state index contributed by atoms with van der Waals surface area (Å²) in [6, 6.07) is 7.92. The summed E-state index contributed by atoms with van der Waals surface area (Å²) < 4.78 is 0. The van der Waals surface area contributed by atoms with Gasteiger partial charge in [-0.15, -0.1) is 0 Å². The largest absolute Gasteiger partial charge is 0.360 e. The van der Waals surface area contributed by atoms with Crippen molar-refractivity contribution in [3.8, 4) is 0 Å². The van der Waals surface area contributed by atoms with Crippen LogP contribution < -0.4 is 10.6 Å². The van der Waals surface area contributed by atoms with Crippen molar-refractivity contribution in [1.29, 1.82) is 0 Å². The van der Waals surface area contributed by atoms with E-state index in [2.05, 4.69) is 17.6 Å². The summed E-state index contributed by atoms with van der Waals surface area (Å²) in [4.78, 5) is 11.4. The predicted molar refractivity (Wildman–Crippen MR) is 91.8 cm³/mol. The number of ketones is 1. The van der Waals surface area contributed by atoms with Crippen molar-refractivity contribution < 1.29 is 4.79 Å². The lowest BCUT2D eigenvalue weighted by atomic mass is 9.85. The Balaban J connectivity index is 1.85. The van der Waals surface area contributed by atoms with E-state index in [1.165, 1.54) is 32.1 Å². The summed E-state index contributed by atoms with van der Waals surface area (Å²) in [6.07, 6.45) is 6.24. The smallest absolute Gasteiger partial charge is 0.170 e. The van der Waals surface area contributed by atoms with Crippen LogP contribution in [-0.2, 0) is 0 Å². The summed E-state index contributed by atoms with van der Waals surface area (Å²) in [5.74, 6) is 0.951. The highest BCUT2D eigenvalue weighted by atomic mass is 32.1. The van der Waals surface area contributed by atoms with Crippen LogP contribution in [0.2, 0.25) is 0 Å². The van der Waals surface area contributed by atoms with Crippen LogP contribution >= 0.6 is 12.2 Å². The third-order valence-corrected chi connectivity index (χ3v) is 4.51. The van der Waals surface area contributed by atoms with E-state index in [9.17, 15) is 4.79 Å². The van der Waals surface area contributed by atoms with Crippen LogP contribution in [-0.4, -0.2) is 16.9 Å². The van der Waals surface area contributed by atoms with Gasteiger partial charge in [-0.05, 0) is 62.9 Å². The van der Waals surface area contributed by atoms with Crippen LogP contribution in [0.25, 0.3) is 0 Å². The van der Waals surface area contributed by atoms with Gasteiger partial charge in [0.25, 0.3) is 0 Å². The lowest BCUT2D eigenvalue weighted by Gasteiger charge is -2.29. The van der Waals surface area contributed by atoms with Gasteiger partial charge in [0.15, 0.2) is 10.9 Å². The molecule has 3 nitrogen and oxygen atoms in total. The summed E-state index contributed by atoms with van der Waals surface area (Å²) >= 11 is 5.38. The fourth-order valence-electron chi connectivity index (χ4n) is 2.88. The van der Waals surface area contributed by atoms with E-state index < -0.39 is 0 Å². The average Bonchev–Trinajstić information content (AvgIpc) is 2.48. The standard InChI is InChI=1S/C17H24N2OS/c1-3-13-7-9-15(10-8-13)18-17(21)19-16-6-4-5-14(11-16)12(2)20/h4-6,11,13,15H,3,7-10H2,1-2H3,(H2,18,19,21). The molecule has 0 heterocycles. The molecule has 21 heavy (non-hydrogen) atoms. The second-order valence-electron chi connectivity index (χ2n) is 5.86. The number of carbonyl (C=O) groups is 1. The van der Waals surface area contributed by atoms with Crippen molar-refractivity contribution in [3.05, 3.63) is 29.8 Å². The topological polar surface area (TPSA) is 41.1 Å². The third-order valence-electron chi connectivity index (χ3n) is 4.29. The Morgan fingerprint density at radius 3 is 2.62 bits per heavy atom. The van der Waals surface area contributed by atoms with Crippen LogP contribution in [0.3, 0.4) is 0 Å². The average molecular weight is 304 g/mol. The molecule has 1 fully saturated rings. The van der Waals surface area contributed by atoms with Gasteiger partial charge in [-0.1, -0.05) is 25.5 Å². The number of benzene rings is 1. The minimum absolute atomic E-state index is 0.0652. The molecule has 114 valence electrons. The van der Waals surface area contributed by atoms with E-state index in [1.807, 2.05) is 24.3 Å². The molecule has 0 spiro atoms. The Morgan fingerprint density at radius 1 is 1.29 bits per heavy atom. The number of hydrogen-bond acceptors (Lipinski definition) is 2. The summed E-state index contributed by atoms with van der Waals surface area (Å²) in [5, 5.41) is 7.22. The van der Waals surface area contributed by atoms with Crippen molar-refractivity contribution in [2.75, 3.05) is 5.32 Å².